The molecule has 4 nitrogen and oxygen atoms in total. The highest BCUT2D eigenvalue weighted by Crippen LogP contribution is 2.39. The first-order chi connectivity index (χ1) is 13.0. The Kier molecular flexibility index (Phi) is 6.09. The number of benzene rings is 1. The van der Waals surface area contributed by atoms with Gasteiger partial charge in [0, 0.05) is 42.4 Å². The second-order valence-corrected chi connectivity index (χ2v) is 11.0. The van der Waals surface area contributed by atoms with Gasteiger partial charge in [-0.2, -0.15) is 0 Å². The zero-order chi connectivity index (χ0) is 20.7. The Labute approximate surface area is 169 Å². The Morgan fingerprint density at radius 2 is 1.96 bits per heavy atom. The average molecular weight is 413 g/mol. The number of hydrogen-bond acceptors (Lipinski definition) is 3. The van der Waals surface area contributed by atoms with E-state index in [0.717, 1.165) is 23.2 Å². The minimum Gasteiger partial charge on any atom is -0.598 e. The highest BCUT2D eigenvalue weighted by Gasteiger charge is 2.40. The maximum atomic E-state index is 13.4. The van der Waals surface area contributed by atoms with Crippen LogP contribution >= 0.6 is 0 Å². The van der Waals surface area contributed by atoms with E-state index in [4.69, 9.17) is 0 Å². The Balaban J connectivity index is 1.68. The lowest BCUT2D eigenvalue weighted by atomic mass is 9.86. The molecule has 28 heavy (non-hydrogen) atoms. The Morgan fingerprint density at radius 3 is 2.57 bits per heavy atom. The summed E-state index contributed by atoms with van der Waals surface area (Å²) in [6.45, 7) is 8.36. The fourth-order valence-corrected chi connectivity index (χ4v) is 4.64. The third-order valence-corrected chi connectivity index (χ3v) is 7.35. The van der Waals surface area contributed by atoms with Crippen LogP contribution in [0, 0.1) is 5.92 Å². The lowest BCUT2D eigenvalue weighted by Gasteiger charge is -2.30. The second kappa shape index (κ2) is 7.92. The van der Waals surface area contributed by atoms with Crippen LogP contribution in [-0.2, 0) is 22.6 Å². The van der Waals surface area contributed by atoms with Crippen LogP contribution in [0.25, 0.3) is 0 Å². The molecule has 0 bridgehead atoms. The van der Waals surface area contributed by atoms with Crippen molar-refractivity contribution in [2.24, 2.45) is 5.92 Å². The molecule has 1 aliphatic heterocycles. The number of nitrogens with zero attached hydrogens (tertiary/aromatic N) is 1. The minimum absolute atomic E-state index is 0.0259. The first kappa shape index (κ1) is 21.5. The topological polar surface area (TPSA) is 55.4 Å². The molecule has 1 saturated carbocycles. The summed E-state index contributed by atoms with van der Waals surface area (Å²) in [6, 6.07) is 5.88. The van der Waals surface area contributed by atoms with Gasteiger partial charge in [-0.25, -0.2) is 8.78 Å². The lowest BCUT2D eigenvalue weighted by molar-refractivity contribution is -0.126. The second-order valence-electron chi connectivity index (χ2n) is 8.98. The molecule has 156 valence electrons. The average Bonchev–Trinajstić information content (AvgIpc) is 3.03. The van der Waals surface area contributed by atoms with E-state index in [-0.39, 0.29) is 48.3 Å². The molecule has 1 aliphatic carbocycles. The minimum atomic E-state index is -2.62. The first-order valence-corrected chi connectivity index (χ1v) is 11.1. The predicted octanol–water partition coefficient (Wildman–Crippen LogP) is 4.51. The van der Waals surface area contributed by atoms with Crippen LogP contribution < -0.4 is 9.62 Å². The van der Waals surface area contributed by atoms with E-state index < -0.39 is 17.3 Å². The Morgan fingerprint density at radius 1 is 1.32 bits per heavy atom. The standard InChI is InChI=1S/C21H30F2N2O2S/c1-14(24-28(27)20(2,3)4)16-5-6-18-17(13-16)9-12-25(18)19(26)15-7-10-21(22,23)11-8-15/h5-6,13-15,24H,7-12H2,1-4H3. The van der Waals surface area contributed by atoms with Crippen LogP contribution in [0.5, 0.6) is 0 Å². The first-order valence-electron chi connectivity index (χ1n) is 9.98. The van der Waals surface area contributed by atoms with E-state index in [9.17, 15) is 18.1 Å². The summed E-state index contributed by atoms with van der Waals surface area (Å²) in [5.41, 5.74) is 3.00. The van der Waals surface area contributed by atoms with Crippen molar-refractivity contribution in [3.8, 4) is 0 Å². The van der Waals surface area contributed by atoms with Gasteiger partial charge in [0.1, 0.15) is 4.75 Å². The van der Waals surface area contributed by atoms with Crippen molar-refractivity contribution in [1.82, 2.24) is 4.72 Å². The summed E-state index contributed by atoms with van der Waals surface area (Å²) >= 11 is -1.17. The van der Waals surface area contributed by atoms with Crippen molar-refractivity contribution in [2.75, 3.05) is 11.4 Å². The molecule has 1 aromatic rings. The molecule has 1 aromatic carbocycles. The van der Waals surface area contributed by atoms with E-state index in [1.807, 2.05) is 39.8 Å². The summed E-state index contributed by atoms with van der Waals surface area (Å²) in [4.78, 5) is 14.6. The maximum absolute atomic E-state index is 13.4. The zero-order valence-corrected chi connectivity index (χ0v) is 17.9. The van der Waals surface area contributed by atoms with Gasteiger partial charge in [0.15, 0.2) is 0 Å². The third-order valence-electron chi connectivity index (χ3n) is 5.67. The van der Waals surface area contributed by atoms with Crippen molar-refractivity contribution in [1.29, 1.82) is 0 Å². The maximum Gasteiger partial charge on any atom is 0.248 e. The molecule has 0 radical (unpaired) electrons. The van der Waals surface area contributed by atoms with Crippen LogP contribution in [0.4, 0.5) is 14.5 Å². The Hall–Kier alpha value is -1.18. The van der Waals surface area contributed by atoms with E-state index >= 15 is 0 Å². The van der Waals surface area contributed by atoms with Gasteiger partial charge >= 0.3 is 0 Å². The number of halogens is 2. The Bertz CT molecular complexity index is 726. The lowest BCUT2D eigenvalue weighted by Crippen LogP contribution is -2.40. The van der Waals surface area contributed by atoms with Crippen molar-refractivity contribution in [2.45, 2.75) is 76.5 Å². The smallest absolute Gasteiger partial charge is 0.248 e. The third kappa shape index (κ3) is 4.69. The monoisotopic (exact) mass is 412 g/mol. The van der Waals surface area contributed by atoms with Gasteiger partial charge in [-0.3, -0.25) is 4.79 Å². The molecule has 7 heteroatoms. The number of hydrogen-bond donors (Lipinski definition) is 1. The predicted molar refractivity (Wildman–Crippen MR) is 109 cm³/mol. The number of carbonyl (C=O) groups is 1. The quantitative estimate of drug-likeness (QED) is 0.740. The van der Waals surface area contributed by atoms with Gasteiger partial charge in [-0.15, -0.1) is 4.72 Å². The molecule has 2 aliphatic rings. The highest BCUT2D eigenvalue weighted by molar-refractivity contribution is 7.90. The van der Waals surface area contributed by atoms with Crippen LogP contribution in [0.2, 0.25) is 0 Å². The van der Waals surface area contributed by atoms with Gasteiger partial charge < -0.3 is 9.45 Å². The summed E-state index contributed by atoms with van der Waals surface area (Å²) in [5.74, 6) is -2.95. The highest BCUT2D eigenvalue weighted by atomic mass is 32.2. The number of anilines is 1. The van der Waals surface area contributed by atoms with E-state index in [2.05, 4.69) is 10.8 Å². The number of fused-ring (bicyclic) bond motifs is 1. The summed E-state index contributed by atoms with van der Waals surface area (Å²) < 4.78 is 41.9. The van der Waals surface area contributed by atoms with Crippen molar-refractivity contribution in [3.63, 3.8) is 0 Å². The number of rotatable bonds is 4. The molecule has 0 spiro atoms. The normalized spacial score (nSPS) is 22.0. The molecule has 1 heterocycles. The number of amides is 1. The molecule has 0 saturated heterocycles. The molecule has 2 unspecified atom stereocenters. The van der Waals surface area contributed by atoms with Gasteiger partial charge in [-0.05, 0) is 64.2 Å². The summed E-state index contributed by atoms with van der Waals surface area (Å²) in [7, 11) is 0. The molecule has 1 amide bonds. The van der Waals surface area contributed by atoms with Crippen LogP contribution in [0.15, 0.2) is 18.2 Å². The van der Waals surface area contributed by atoms with E-state index in [1.54, 1.807) is 4.90 Å². The largest absolute Gasteiger partial charge is 0.598 e. The van der Waals surface area contributed by atoms with Crippen LogP contribution in [0.3, 0.4) is 0 Å². The van der Waals surface area contributed by atoms with E-state index in [1.165, 1.54) is 0 Å². The fraction of sp³-hybridized carbons (Fsp3) is 0.667. The van der Waals surface area contributed by atoms with Crippen molar-refractivity contribution in [3.05, 3.63) is 29.3 Å². The molecule has 2 atom stereocenters. The van der Waals surface area contributed by atoms with E-state index in [0.29, 0.717) is 6.54 Å². The molecule has 3 rings (SSSR count). The van der Waals surface area contributed by atoms with Gasteiger partial charge in [-0.1, -0.05) is 12.1 Å². The number of nitrogens with one attached hydrogen (secondary N) is 1. The van der Waals surface area contributed by atoms with Gasteiger partial charge in [0.2, 0.25) is 11.8 Å². The number of alkyl halides is 2. The summed E-state index contributed by atoms with van der Waals surface area (Å²) in [5, 5.41) is 0. The number of carbonyl (C=O) groups excluding carboxylic acids is 1. The van der Waals surface area contributed by atoms with Crippen LogP contribution in [-0.4, -0.2) is 27.7 Å². The zero-order valence-electron chi connectivity index (χ0n) is 17.1. The molecule has 1 N–H and O–H groups in total. The SMILES string of the molecule is CC(N[S+]([O-])C(C)(C)C)c1ccc2c(c1)CCN2C(=O)C1CCC(F)(F)CC1. The van der Waals surface area contributed by atoms with Crippen molar-refractivity contribution >= 4 is 23.0 Å². The van der Waals surface area contributed by atoms with Crippen LogP contribution in [0.1, 0.15) is 70.5 Å². The summed E-state index contributed by atoms with van der Waals surface area (Å²) in [6.07, 6.45) is 0.881. The van der Waals surface area contributed by atoms with Gasteiger partial charge in [0.05, 0.1) is 6.04 Å². The van der Waals surface area contributed by atoms with Gasteiger partial charge in [0.25, 0.3) is 0 Å². The molecule has 0 aromatic heterocycles. The molecular weight excluding hydrogens is 382 g/mol. The molecular formula is C21H30F2N2O2S. The molecule has 1 fully saturated rings. The fourth-order valence-electron chi connectivity index (χ4n) is 3.83. The van der Waals surface area contributed by atoms with Crippen molar-refractivity contribution < 1.29 is 18.1 Å².